The molecule has 2 aromatic carbocycles. The van der Waals surface area contributed by atoms with Crippen molar-refractivity contribution >= 4 is 31.7 Å². The molecule has 0 fully saturated rings. The number of ether oxygens (including phenoxy) is 1. The summed E-state index contributed by atoms with van der Waals surface area (Å²) >= 11 is 0. The highest BCUT2D eigenvalue weighted by Crippen LogP contribution is 2.35. The van der Waals surface area contributed by atoms with Gasteiger partial charge in [-0.05, 0) is 48.4 Å². The predicted molar refractivity (Wildman–Crippen MR) is 103 cm³/mol. The highest BCUT2D eigenvalue weighted by molar-refractivity contribution is 7.92. The van der Waals surface area contributed by atoms with E-state index in [4.69, 9.17) is 0 Å². The molecule has 1 aliphatic rings. The molecule has 0 amide bonds. The lowest BCUT2D eigenvalue weighted by atomic mass is 10.2. The molecule has 0 N–H and O–H groups in total. The summed E-state index contributed by atoms with van der Waals surface area (Å²) in [4.78, 5) is 11.8. The minimum atomic E-state index is -3.92. The second-order valence-corrected chi connectivity index (χ2v) is 10.4. The van der Waals surface area contributed by atoms with Crippen LogP contribution in [0.15, 0.2) is 52.3 Å². The van der Waals surface area contributed by atoms with Gasteiger partial charge in [0, 0.05) is 20.6 Å². The van der Waals surface area contributed by atoms with Crippen LogP contribution in [0.2, 0.25) is 0 Å². The van der Waals surface area contributed by atoms with Crippen LogP contribution in [0.25, 0.3) is 0 Å². The molecule has 1 aliphatic heterocycles. The number of esters is 1. The van der Waals surface area contributed by atoms with Gasteiger partial charge < -0.3 is 4.74 Å². The van der Waals surface area contributed by atoms with Crippen molar-refractivity contribution in [3.8, 4) is 0 Å². The van der Waals surface area contributed by atoms with Gasteiger partial charge in [0.25, 0.3) is 10.0 Å². The Morgan fingerprint density at radius 1 is 1.04 bits per heavy atom. The van der Waals surface area contributed by atoms with Crippen LogP contribution in [0, 0.1) is 0 Å². The number of hydrogen-bond acceptors (Lipinski definition) is 6. The highest BCUT2D eigenvalue weighted by Gasteiger charge is 2.32. The molecule has 0 radical (unpaired) electrons. The lowest BCUT2D eigenvalue weighted by Crippen LogP contribution is -2.29. The molecule has 8 nitrogen and oxygen atoms in total. The fourth-order valence-corrected chi connectivity index (χ4v) is 5.50. The standard InChI is InChI=1S/C18H20N2O6S2/c1-19(2)27(22,23)16-7-8-17-13(11-16)9-10-20(17)28(24,25)15-6-4-5-14(12-15)18(21)26-3/h4-8,11-12H,9-10H2,1-3H3. The third-order valence-corrected chi connectivity index (χ3v) is 8.15. The number of carbonyl (C=O) groups is 1. The SMILES string of the molecule is COC(=O)c1cccc(S(=O)(=O)N2CCc3cc(S(=O)(=O)N(C)C)ccc32)c1. The number of carbonyl (C=O) groups excluding carboxylic acids is 1. The zero-order chi connectivity index (χ0) is 20.7. The van der Waals surface area contributed by atoms with E-state index in [0.29, 0.717) is 17.7 Å². The van der Waals surface area contributed by atoms with Crippen LogP contribution in [0.5, 0.6) is 0 Å². The summed E-state index contributed by atoms with van der Waals surface area (Å²) in [5.41, 5.74) is 1.20. The Hall–Kier alpha value is -2.43. The van der Waals surface area contributed by atoms with Crippen molar-refractivity contribution in [3.63, 3.8) is 0 Å². The summed E-state index contributed by atoms with van der Waals surface area (Å²) in [6.45, 7) is 0.186. The average molecular weight is 425 g/mol. The molecule has 3 rings (SSSR count). The van der Waals surface area contributed by atoms with Gasteiger partial charge in [0.1, 0.15) is 0 Å². The first-order valence-corrected chi connectivity index (χ1v) is 11.2. The molecular formula is C18H20N2O6S2. The Kier molecular flexibility index (Phi) is 5.22. The van der Waals surface area contributed by atoms with Gasteiger partial charge in [-0.2, -0.15) is 0 Å². The van der Waals surface area contributed by atoms with Gasteiger partial charge in [0.05, 0.1) is 28.2 Å². The minimum Gasteiger partial charge on any atom is -0.465 e. The number of sulfonamides is 2. The van der Waals surface area contributed by atoms with E-state index in [1.165, 1.54) is 68.0 Å². The van der Waals surface area contributed by atoms with Crippen LogP contribution in [0.4, 0.5) is 5.69 Å². The summed E-state index contributed by atoms with van der Waals surface area (Å²) in [7, 11) is -3.42. The molecule has 0 spiro atoms. The average Bonchev–Trinajstić information content (AvgIpc) is 3.11. The Balaban J connectivity index is 2.01. The smallest absolute Gasteiger partial charge is 0.337 e. The molecular weight excluding hydrogens is 404 g/mol. The zero-order valence-corrected chi connectivity index (χ0v) is 17.2. The van der Waals surface area contributed by atoms with Gasteiger partial charge in [0.2, 0.25) is 10.0 Å². The van der Waals surface area contributed by atoms with Gasteiger partial charge in [-0.3, -0.25) is 4.31 Å². The van der Waals surface area contributed by atoms with Gasteiger partial charge in [-0.1, -0.05) is 6.07 Å². The molecule has 28 heavy (non-hydrogen) atoms. The quantitative estimate of drug-likeness (QED) is 0.674. The number of rotatable bonds is 5. The van der Waals surface area contributed by atoms with Crippen molar-refractivity contribution in [2.45, 2.75) is 16.2 Å². The van der Waals surface area contributed by atoms with Crippen molar-refractivity contribution in [2.75, 3.05) is 32.1 Å². The Morgan fingerprint density at radius 3 is 2.39 bits per heavy atom. The van der Waals surface area contributed by atoms with Crippen molar-refractivity contribution in [3.05, 3.63) is 53.6 Å². The number of nitrogens with zero attached hydrogens (tertiary/aromatic N) is 2. The fraction of sp³-hybridized carbons (Fsp3) is 0.278. The second kappa shape index (κ2) is 7.19. The number of hydrogen-bond donors (Lipinski definition) is 0. The van der Waals surface area contributed by atoms with E-state index in [-0.39, 0.29) is 21.9 Å². The summed E-state index contributed by atoms with van der Waals surface area (Å²) in [6.07, 6.45) is 0.391. The van der Waals surface area contributed by atoms with Crippen molar-refractivity contribution < 1.29 is 26.4 Å². The molecule has 0 saturated heterocycles. The summed E-state index contributed by atoms with van der Waals surface area (Å²) < 4.78 is 57.8. The van der Waals surface area contributed by atoms with E-state index in [2.05, 4.69) is 4.74 Å². The molecule has 0 aliphatic carbocycles. The Morgan fingerprint density at radius 2 is 1.75 bits per heavy atom. The lowest BCUT2D eigenvalue weighted by molar-refractivity contribution is 0.0600. The van der Waals surface area contributed by atoms with Crippen LogP contribution < -0.4 is 4.31 Å². The maximum absolute atomic E-state index is 13.1. The van der Waals surface area contributed by atoms with Crippen LogP contribution in [0.1, 0.15) is 15.9 Å². The first-order valence-electron chi connectivity index (χ1n) is 8.35. The molecule has 0 unspecified atom stereocenters. The summed E-state index contributed by atoms with van der Waals surface area (Å²) in [6, 6.07) is 10.0. The molecule has 0 saturated carbocycles. The molecule has 2 aromatic rings. The predicted octanol–water partition coefficient (Wildman–Crippen LogP) is 1.47. The lowest BCUT2D eigenvalue weighted by Gasteiger charge is -2.20. The third kappa shape index (κ3) is 3.38. The molecule has 0 atom stereocenters. The monoisotopic (exact) mass is 424 g/mol. The largest absolute Gasteiger partial charge is 0.465 e. The number of methoxy groups -OCH3 is 1. The molecule has 150 valence electrons. The van der Waals surface area contributed by atoms with E-state index < -0.39 is 26.0 Å². The minimum absolute atomic E-state index is 0.0340. The summed E-state index contributed by atoms with van der Waals surface area (Å²) in [5, 5.41) is 0. The number of fused-ring (bicyclic) bond motifs is 1. The van der Waals surface area contributed by atoms with Crippen LogP contribution in [-0.4, -0.2) is 54.9 Å². The Bertz CT molecular complexity index is 1140. The van der Waals surface area contributed by atoms with Crippen molar-refractivity contribution in [1.82, 2.24) is 4.31 Å². The maximum Gasteiger partial charge on any atom is 0.337 e. The van der Waals surface area contributed by atoms with Crippen LogP contribution in [-0.2, 0) is 31.2 Å². The van der Waals surface area contributed by atoms with Crippen molar-refractivity contribution in [1.29, 1.82) is 0 Å². The van der Waals surface area contributed by atoms with E-state index in [1.807, 2.05) is 0 Å². The Labute approximate surface area is 164 Å². The third-order valence-electron chi connectivity index (χ3n) is 4.53. The van der Waals surface area contributed by atoms with Crippen molar-refractivity contribution in [2.24, 2.45) is 0 Å². The van der Waals surface area contributed by atoms with E-state index >= 15 is 0 Å². The molecule has 0 bridgehead atoms. The van der Waals surface area contributed by atoms with E-state index in [9.17, 15) is 21.6 Å². The molecule has 1 heterocycles. The second-order valence-electron chi connectivity index (χ2n) is 6.42. The van der Waals surface area contributed by atoms with E-state index in [1.54, 1.807) is 0 Å². The van der Waals surface area contributed by atoms with Gasteiger partial charge in [-0.15, -0.1) is 0 Å². The van der Waals surface area contributed by atoms with Crippen LogP contribution >= 0.6 is 0 Å². The topological polar surface area (TPSA) is 101 Å². The molecule has 0 aromatic heterocycles. The van der Waals surface area contributed by atoms with Gasteiger partial charge in [0.15, 0.2) is 0 Å². The van der Waals surface area contributed by atoms with E-state index in [0.717, 1.165) is 4.31 Å². The summed E-state index contributed by atoms with van der Waals surface area (Å²) in [5.74, 6) is -0.627. The number of benzene rings is 2. The van der Waals surface area contributed by atoms with Gasteiger partial charge in [-0.25, -0.2) is 25.9 Å². The van der Waals surface area contributed by atoms with Gasteiger partial charge >= 0.3 is 5.97 Å². The number of anilines is 1. The first-order chi connectivity index (χ1) is 13.1. The molecule has 10 heteroatoms. The fourth-order valence-electron chi connectivity index (χ4n) is 3.00. The maximum atomic E-state index is 13.1. The normalized spacial score (nSPS) is 14.2. The highest BCUT2D eigenvalue weighted by atomic mass is 32.2. The van der Waals surface area contributed by atoms with Crippen LogP contribution in [0.3, 0.4) is 0 Å². The first kappa shape index (κ1) is 20.3. The zero-order valence-electron chi connectivity index (χ0n) is 15.6.